The number of benzene rings is 1. The molecule has 2 rings (SSSR count). The molecule has 0 aliphatic carbocycles. The summed E-state index contributed by atoms with van der Waals surface area (Å²) in [7, 11) is 2.04. The molecule has 1 aliphatic heterocycles. The third-order valence-corrected chi connectivity index (χ3v) is 3.52. The zero-order valence-electron chi connectivity index (χ0n) is 12.2. The lowest BCUT2D eigenvalue weighted by atomic mass is 10.1. The summed E-state index contributed by atoms with van der Waals surface area (Å²) in [6, 6.07) is 7.04. The highest BCUT2D eigenvalue weighted by Crippen LogP contribution is 2.19. The number of rotatable bonds is 3. The smallest absolute Gasteiger partial charge is 0.372 e. The van der Waals surface area contributed by atoms with Crippen LogP contribution < -0.4 is 9.73 Å². The monoisotopic (exact) mass is 290 g/mol. The molecule has 1 heterocycles. The predicted molar refractivity (Wildman–Crippen MR) is 78.3 cm³/mol. The van der Waals surface area contributed by atoms with Crippen LogP contribution in [0.2, 0.25) is 0 Å². The minimum atomic E-state index is -0.644. The van der Waals surface area contributed by atoms with Gasteiger partial charge in [0.25, 0.3) is 0 Å². The van der Waals surface area contributed by atoms with Crippen LogP contribution in [0, 0.1) is 0 Å². The summed E-state index contributed by atoms with van der Waals surface area (Å²) in [6.07, 6.45) is -0.417. The first-order valence-electron chi connectivity index (χ1n) is 6.89. The van der Waals surface area contributed by atoms with Crippen LogP contribution in [0.25, 0.3) is 0 Å². The Morgan fingerprint density at radius 3 is 2.57 bits per heavy atom. The largest absolute Gasteiger partial charge is 0.599 e. The Balaban J connectivity index is 2.03. The van der Waals surface area contributed by atoms with E-state index in [-0.39, 0.29) is 12.3 Å². The van der Waals surface area contributed by atoms with Crippen LogP contribution in [0.5, 0.6) is 5.75 Å². The molecule has 0 atom stereocenters. The van der Waals surface area contributed by atoms with E-state index in [4.69, 9.17) is 4.74 Å². The zero-order valence-corrected chi connectivity index (χ0v) is 12.2. The molecular formula is C15H20N3O3+. The van der Waals surface area contributed by atoms with Crippen molar-refractivity contribution in [3.05, 3.63) is 29.8 Å². The van der Waals surface area contributed by atoms with Crippen molar-refractivity contribution in [2.75, 3.05) is 33.2 Å². The van der Waals surface area contributed by atoms with Gasteiger partial charge in [-0.15, -0.1) is 4.99 Å². The molecule has 1 saturated heterocycles. The summed E-state index contributed by atoms with van der Waals surface area (Å²) in [6.45, 7) is 6.48. The van der Waals surface area contributed by atoms with Gasteiger partial charge in [0.2, 0.25) is 5.91 Å². The zero-order chi connectivity index (χ0) is 15.2. The summed E-state index contributed by atoms with van der Waals surface area (Å²) in [5, 5.41) is 0. The normalized spacial score (nSPS) is 15.6. The fraction of sp³-hybridized carbons (Fsp3) is 0.400. The Hall–Kier alpha value is -2.21. The van der Waals surface area contributed by atoms with Gasteiger partial charge in [-0.05, 0) is 13.1 Å². The lowest BCUT2D eigenvalue weighted by molar-refractivity contribution is -0.349. The third-order valence-electron chi connectivity index (χ3n) is 3.52. The van der Waals surface area contributed by atoms with E-state index in [1.807, 2.05) is 18.0 Å². The molecule has 6 heteroatoms. The number of hydrogen-bond donors (Lipinski definition) is 1. The standard InChI is InChI=1S/C15H19N3O3/c1-16-15(20)21-13-6-4-3-5-12(13)11-14(19)18-9-7-17(2)8-10-18/h3-6H,1,7-11H2,2H3/p+1. The van der Waals surface area contributed by atoms with Crippen LogP contribution in [0.4, 0.5) is 4.79 Å². The second-order valence-corrected chi connectivity index (χ2v) is 5.03. The molecule has 0 spiro atoms. The van der Waals surface area contributed by atoms with E-state index in [0.717, 1.165) is 26.2 Å². The molecular weight excluding hydrogens is 270 g/mol. The Morgan fingerprint density at radius 2 is 1.90 bits per heavy atom. The molecule has 112 valence electrons. The average molecular weight is 290 g/mol. The minimum absolute atomic E-state index is 0.0502. The maximum absolute atomic E-state index is 12.3. The van der Waals surface area contributed by atoms with Crippen LogP contribution in [-0.4, -0.2) is 61.7 Å². The predicted octanol–water partition coefficient (Wildman–Crippen LogP) is -0.717. The summed E-state index contributed by atoms with van der Waals surface area (Å²) in [5.74, 6) is 0.440. The highest BCUT2D eigenvalue weighted by molar-refractivity contribution is 5.80. The van der Waals surface area contributed by atoms with Crippen molar-refractivity contribution in [2.45, 2.75) is 6.42 Å². The Labute approximate surface area is 124 Å². The molecule has 6 nitrogen and oxygen atoms in total. The molecule has 1 aromatic rings. The third kappa shape index (κ3) is 4.13. The number of nitrogens with one attached hydrogen (secondary N) is 1. The van der Waals surface area contributed by atoms with E-state index in [2.05, 4.69) is 16.6 Å². The van der Waals surface area contributed by atoms with Crippen molar-refractivity contribution in [1.82, 2.24) is 9.80 Å². The fourth-order valence-electron chi connectivity index (χ4n) is 2.22. The van der Waals surface area contributed by atoms with Crippen molar-refractivity contribution in [2.24, 2.45) is 0 Å². The minimum Gasteiger partial charge on any atom is -0.372 e. The first kappa shape index (κ1) is 15.2. The van der Waals surface area contributed by atoms with E-state index >= 15 is 0 Å². The average Bonchev–Trinajstić information content (AvgIpc) is 2.49. The van der Waals surface area contributed by atoms with E-state index in [0.29, 0.717) is 11.3 Å². The van der Waals surface area contributed by atoms with Gasteiger partial charge >= 0.3 is 6.09 Å². The Kier molecular flexibility index (Phi) is 5.05. The number of likely N-dealkylation sites (N-methyl/N-ethyl adjacent to an activating group) is 1. The highest BCUT2D eigenvalue weighted by Gasteiger charge is 2.21. The summed E-state index contributed by atoms with van der Waals surface area (Å²) >= 11 is 0. The number of nitrogens with zero attached hydrogens (tertiary/aromatic N) is 2. The van der Waals surface area contributed by atoms with Crippen molar-refractivity contribution in [3.8, 4) is 5.75 Å². The second-order valence-electron chi connectivity index (χ2n) is 5.03. The van der Waals surface area contributed by atoms with E-state index in [1.165, 1.54) is 0 Å². The molecule has 0 bridgehead atoms. The van der Waals surface area contributed by atoms with E-state index in [1.54, 1.807) is 18.2 Å². The van der Waals surface area contributed by atoms with Gasteiger partial charge in [0, 0.05) is 31.7 Å². The molecule has 2 amide bonds. The van der Waals surface area contributed by atoms with Gasteiger partial charge in [-0.25, -0.2) is 0 Å². The molecule has 0 aromatic heterocycles. The number of hydrogen-bond acceptors (Lipinski definition) is 4. The lowest BCUT2D eigenvalue weighted by Crippen LogP contribution is -2.72. The number of amides is 2. The number of carbonyl (C=O) groups is 2. The van der Waals surface area contributed by atoms with Crippen molar-refractivity contribution in [1.29, 1.82) is 0 Å². The number of para-hydroxylation sites is 1. The topological polar surface area (TPSA) is 63.8 Å². The molecule has 1 N–H and O–H groups in total. The van der Waals surface area contributed by atoms with Crippen LogP contribution >= 0.6 is 0 Å². The van der Waals surface area contributed by atoms with Crippen LogP contribution in [0.15, 0.2) is 24.3 Å². The summed E-state index contributed by atoms with van der Waals surface area (Å²) in [4.78, 5) is 29.8. The van der Waals surface area contributed by atoms with Gasteiger partial charge in [0.05, 0.1) is 6.42 Å². The second kappa shape index (κ2) is 6.99. The van der Waals surface area contributed by atoms with Crippen molar-refractivity contribution in [3.63, 3.8) is 0 Å². The number of piperazine rings is 1. The van der Waals surface area contributed by atoms with Crippen LogP contribution in [-0.2, 0) is 11.2 Å². The molecule has 0 saturated carbocycles. The first-order chi connectivity index (χ1) is 10.1. The first-order valence-corrected chi connectivity index (χ1v) is 6.89. The Morgan fingerprint density at radius 1 is 1.24 bits per heavy atom. The molecule has 1 fully saturated rings. The molecule has 0 unspecified atom stereocenters. The van der Waals surface area contributed by atoms with Gasteiger partial charge in [0.15, 0.2) is 0 Å². The van der Waals surface area contributed by atoms with Crippen LogP contribution in [0.1, 0.15) is 5.56 Å². The molecule has 1 aromatic carbocycles. The van der Waals surface area contributed by atoms with Gasteiger partial charge in [-0.2, -0.15) is 4.79 Å². The maximum atomic E-state index is 12.3. The highest BCUT2D eigenvalue weighted by atomic mass is 16.5. The SMILES string of the molecule is C=[NH+]C(=O)Oc1ccccc1CC(=O)N1CCN(C)CC1. The van der Waals surface area contributed by atoms with Gasteiger partial charge in [0.1, 0.15) is 12.5 Å². The summed E-state index contributed by atoms with van der Waals surface area (Å²) < 4.78 is 5.11. The molecule has 21 heavy (non-hydrogen) atoms. The van der Waals surface area contributed by atoms with E-state index in [9.17, 15) is 9.59 Å². The van der Waals surface area contributed by atoms with Gasteiger partial charge in [-0.1, -0.05) is 18.2 Å². The lowest BCUT2D eigenvalue weighted by Gasteiger charge is -2.32. The Bertz CT molecular complexity index is 537. The van der Waals surface area contributed by atoms with Crippen LogP contribution in [0.3, 0.4) is 0 Å². The van der Waals surface area contributed by atoms with Crippen molar-refractivity contribution >= 4 is 18.7 Å². The van der Waals surface area contributed by atoms with Gasteiger partial charge < -0.3 is 14.5 Å². The van der Waals surface area contributed by atoms with E-state index < -0.39 is 6.09 Å². The fourth-order valence-corrected chi connectivity index (χ4v) is 2.22. The number of ether oxygens (including phenoxy) is 1. The van der Waals surface area contributed by atoms with Crippen molar-refractivity contribution < 1.29 is 19.3 Å². The summed E-state index contributed by atoms with van der Waals surface area (Å²) in [5.41, 5.74) is 0.699. The molecule has 0 radical (unpaired) electrons. The maximum Gasteiger partial charge on any atom is 0.599 e. The number of carbonyl (C=O) groups excluding carboxylic acids is 2. The van der Waals surface area contributed by atoms with Gasteiger partial charge in [-0.3, -0.25) is 4.79 Å². The molecule has 1 aliphatic rings. The quantitative estimate of drug-likeness (QED) is 0.747.